The molecule has 5 atom stereocenters. The maximum atomic E-state index is 12.7. The first-order valence-corrected chi connectivity index (χ1v) is 9.19. The van der Waals surface area contributed by atoms with Crippen molar-refractivity contribution in [2.45, 2.75) is 39.1 Å². The fourth-order valence-corrected chi connectivity index (χ4v) is 4.29. The minimum absolute atomic E-state index is 0.0294. The summed E-state index contributed by atoms with van der Waals surface area (Å²) in [6.07, 6.45) is -1.98. The number of allylic oxidation sites excluding steroid dienone is 2. The average molecular weight is 409 g/mol. The third-order valence-electron chi connectivity index (χ3n) is 5.70. The molecule has 0 bridgehead atoms. The summed E-state index contributed by atoms with van der Waals surface area (Å²) < 4.78 is 11.0. The van der Waals surface area contributed by atoms with Crippen LogP contribution in [0.3, 0.4) is 0 Å². The Morgan fingerprint density at radius 1 is 1.39 bits per heavy atom. The quantitative estimate of drug-likeness (QED) is 0.535. The Balaban J connectivity index is 2.16. The molecule has 0 radical (unpaired) electrons. The maximum absolute atomic E-state index is 12.7. The van der Waals surface area contributed by atoms with Gasteiger partial charge in [0.2, 0.25) is 5.78 Å². The third-order valence-corrected chi connectivity index (χ3v) is 6.12. The Morgan fingerprint density at radius 3 is 2.61 bits per heavy atom. The normalized spacial score (nSPS) is 33.0. The highest BCUT2D eigenvalue weighted by atomic mass is 35.5. The molecule has 0 aromatic heterocycles. The van der Waals surface area contributed by atoms with Crippen LogP contribution in [0, 0.1) is 11.8 Å². The molecule has 1 heterocycles. The summed E-state index contributed by atoms with van der Waals surface area (Å²) in [4.78, 5) is 37.3. The highest BCUT2D eigenvalue weighted by Gasteiger charge is 2.58. The zero-order chi connectivity index (χ0) is 20.9. The summed E-state index contributed by atoms with van der Waals surface area (Å²) in [5.74, 6) is -3.65. The van der Waals surface area contributed by atoms with Gasteiger partial charge in [0.25, 0.3) is 0 Å². The Labute approximate surface area is 167 Å². The minimum atomic E-state index is -1.38. The number of aliphatic hydroxyl groups is 2. The highest BCUT2D eigenvalue weighted by molar-refractivity contribution is 6.47. The van der Waals surface area contributed by atoms with Crippen LogP contribution < -0.4 is 0 Å². The first kappa shape index (κ1) is 20.5. The lowest BCUT2D eigenvalue weighted by molar-refractivity contribution is -0.154. The van der Waals surface area contributed by atoms with Gasteiger partial charge < -0.3 is 19.7 Å². The van der Waals surface area contributed by atoms with E-state index in [1.807, 2.05) is 0 Å². The standard InChI is InChI=1S/C20H21ClO7/c1-5-7(2)19(25)28-18-12-9(4)20(26)27-17(12)13-10(6-22)14(21)16(24)11(13)8(3)15(18)23/h5,12-13,15,17-18,22-23H,4,6H2,1-3H3. The number of Topliss-reactive ketones (excluding diaryl/α,β-unsaturated/α-hetero) is 1. The van der Waals surface area contributed by atoms with Crippen molar-refractivity contribution >= 4 is 29.3 Å². The maximum Gasteiger partial charge on any atom is 0.334 e. The molecule has 2 N–H and O–H groups in total. The Kier molecular flexibility index (Phi) is 5.36. The van der Waals surface area contributed by atoms with E-state index in [-0.39, 0.29) is 27.3 Å². The molecule has 0 aromatic carbocycles. The van der Waals surface area contributed by atoms with Crippen molar-refractivity contribution in [3.05, 3.63) is 45.6 Å². The summed E-state index contributed by atoms with van der Waals surface area (Å²) in [5, 5.41) is 20.6. The van der Waals surface area contributed by atoms with Crippen LogP contribution in [0.1, 0.15) is 20.8 Å². The number of fused-ring (bicyclic) bond motifs is 3. The Hall–Kier alpha value is -2.22. The molecule has 1 fully saturated rings. The van der Waals surface area contributed by atoms with Crippen LogP contribution in [0.2, 0.25) is 0 Å². The first-order valence-electron chi connectivity index (χ1n) is 8.82. The molecule has 150 valence electrons. The van der Waals surface area contributed by atoms with Crippen molar-refractivity contribution < 1.29 is 34.1 Å². The molecule has 1 saturated heterocycles. The number of ether oxygens (including phenoxy) is 2. The van der Waals surface area contributed by atoms with Gasteiger partial charge in [0.1, 0.15) is 18.3 Å². The van der Waals surface area contributed by atoms with Crippen LogP contribution in [0.15, 0.2) is 45.6 Å². The number of rotatable bonds is 3. The second-order valence-electron chi connectivity index (χ2n) is 7.11. The number of carbonyl (C=O) groups is 3. The van der Waals surface area contributed by atoms with Gasteiger partial charge in [-0.15, -0.1) is 0 Å². The van der Waals surface area contributed by atoms with Gasteiger partial charge in [-0.3, -0.25) is 4.79 Å². The van der Waals surface area contributed by atoms with Crippen LogP contribution in [0.25, 0.3) is 0 Å². The number of aliphatic hydroxyl groups excluding tert-OH is 2. The molecule has 0 aromatic rings. The second kappa shape index (κ2) is 7.31. The van der Waals surface area contributed by atoms with E-state index < -0.39 is 54.5 Å². The second-order valence-corrected chi connectivity index (χ2v) is 7.49. The number of hydrogen-bond donors (Lipinski definition) is 2. The van der Waals surface area contributed by atoms with Gasteiger partial charge in [-0.1, -0.05) is 24.3 Å². The molecule has 1 aliphatic heterocycles. The molecule has 0 saturated carbocycles. The van der Waals surface area contributed by atoms with E-state index in [1.54, 1.807) is 19.9 Å². The number of hydrogen-bond acceptors (Lipinski definition) is 7. The number of halogens is 1. The van der Waals surface area contributed by atoms with Gasteiger partial charge in [-0.25, -0.2) is 9.59 Å². The molecule has 2 aliphatic carbocycles. The van der Waals surface area contributed by atoms with Crippen LogP contribution in [-0.4, -0.2) is 52.9 Å². The molecule has 8 heteroatoms. The number of esters is 2. The molecule has 28 heavy (non-hydrogen) atoms. The van der Waals surface area contributed by atoms with Crippen LogP contribution in [0.5, 0.6) is 0 Å². The molecule has 0 spiro atoms. The van der Waals surface area contributed by atoms with Gasteiger partial charge >= 0.3 is 11.9 Å². The molecule has 5 unspecified atom stereocenters. The van der Waals surface area contributed by atoms with E-state index in [9.17, 15) is 24.6 Å². The van der Waals surface area contributed by atoms with Crippen molar-refractivity contribution in [3.63, 3.8) is 0 Å². The lowest BCUT2D eigenvalue weighted by atomic mass is 9.81. The van der Waals surface area contributed by atoms with E-state index in [4.69, 9.17) is 21.1 Å². The number of carbonyl (C=O) groups excluding carboxylic acids is 3. The van der Waals surface area contributed by atoms with Crippen LogP contribution >= 0.6 is 11.6 Å². The summed E-state index contributed by atoms with van der Waals surface area (Å²) in [7, 11) is 0. The van der Waals surface area contributed by atoms with E-state index in [0.717, 1.165) is 0 Å². The topological polar surface area (TPSA) is 110 Å². The fourth-order valence-electron chi connectivity index (χ4n) is 4.01. The molecule has 3 aliphatic rings. The van der Waals surface area contributed by atoms with Gasteiger partial charge in [-0.2, -0.15) is 0 Å². The van der Waals surface area contributed by atoms with Gasteiger partial charge in [0, 0.05) is 16.7 Å². The molecule has 3 rings (SSSR count). The Bertz CT molecular complexity index is 879. The minimum Gasteiger partial charge on any atom is -0.457 e. The predicted molar refractivity (Wildman–Crippen MR) is 99.0 cm³/mol. The zero-order valence-electron chi connectivity index (χ0n) is 15.7. The van der Waals surface area contributed by atoms with Gasteiger partial charge in [-0.05, 0) is 31.9 Å². The van der Waals surface area contributed by atoms with Crippen molar-refractivity contribution in [3.8, 4) is 0 Å². The third kappa shape index (κ3) is 2.85. The molecular formula is C20H21ClO7. The molecular weight excluding hydrogens is 388 g/mol. The molecule has 7 nitrogen and oxygen atoms in total. The zero-order valence-corrected chi connectivity index (χ0v) is 16.4. The smallest absolute Gasteiger partial charge is 0.334 e. The lowest BCUT2D eigenvalue weighted by Gasteiger charge is -2.30. The predicted octanol–water partition coefficient (Wildman–Crippen LogP) is 1.34. The fraction of sp³-hybridized carbons (Fsp3) is 0.450. The van der Waals surface area contributed by atoms with Crippen molar-refractivity contribution in [2.24, 2.45) is 11.8 Å². The largest absolute Gasteiger partial charge is 0.457 e. The van der Waals surface area contributed by atoms with E-state index in [0.29, 0.717) is 5.57 Å². The summed E-state index contributed by atoms with van der Waals surface area (Å²) in [6.45, 7) is 7.98. The number of ketones is 1. The summed E-state index contributed by atoms with van der Waals surface area (Å²) in [6, 6.07) is 0. The van der Waals surface area contributed by atoms with Crippen molar-refractivity contribution in [1.82, 2.24) is 0 Å². The monoisotopic (exact) mass is 408 g/mol. The van der Waals surface area contributed by atoms with Crippen molar-refractivity contribution in [2.75, 3.05) is 6.61 Å². The first-order chi connectivity index (χ1) is 13.1. The summed E-state index contributed by atoms with van der Waals surface area (Å²) >= 11 is 6.11. The van der Waals surface area contributed by atoms with E-state index in [2.05, 4.69) is 6.58 Å². The van der Waals surface area contributed by atoms with Gasteiger partial charge in [0.15, 0.2) is 0 Å². The van der Waals surface area contributed by atoms with Gasteiger partial charge in [0.05, 0.1) is 23.5 Å². The van der Waals surface area contributed by atoms with Crippen LogP contribution in [0.4, 0.5) is 0 Å². The van der Waals surface area contributed by atoms with E-state index in [1.165, 1.54) is 6.92 Å². The van der Waals surface area contributed by atoms with Crippen LogP contribution in [-0.2, 0) is 23.9 Å². The Morgan fingerprint density at radius 2 is 2.04 bits per heavy atom. The SMILES string of the molecule is C=C1C(=O)OC2C3C(CO)=C(Cl)C(=O)C3=C(C)C(O)C(OC(=O)C(C)=CC)C12. The summed E-state index contributed by atoms with van der Waals surface area (Å²) in [5.41, 5.74) is 0.972. The lowest BCUT2D eigenvalue weighted by Crippen LogP contribution is -2.42. The highest BCUT2D eigenvalue weighted by Crippen LogP contribution is 2.50. The average Bonchev–Trinajstić information content (AvgIpc) is 3.07. The van der Waals surface area contributed by atoms with E-state index >= 15 is 0 Å². The molecule has 0 amide bonds. The van der Waals surface area contributed by atoms with Crippen molar-refractivity contribution in [1.29, 1.82) is 0 Å².